The second-order valence-corrected chi connectivity index (χ2v) is 5.94. The lowest BCUT2D eigenvalue weighted by atomic mass is 10.3. The first-order valence-corrected chi connectivity index (χ1v) is 7.63. The molecule has 1 rings (SSSR count). The third kappa shape index (κ3) is 4.75. The molecule has 0 spiro atoms. The molecule has 0 aromatic heterocycles. The summed E-state index contributed by atoms with van der Waals surface area (Å²) in [4.78, 5) is 11.5. The van der Waals surface area contributed by atoms with E-state index in [0.29, 0.717) is 19.5 Å². The molecule has 0 radical (unpaired) electrons. The topological polar surface area (TPSA) is 75.3 Å². The summed E-state index contributed by atoms with van der Waals surface area (Å²) in [5.74, 6) is -0.00208. The van der Waals surface area contributed by atoms with E-state index in [9.17, 15) is 13.2 Å². The third-order valence-corrected chi connectivity index (χ3v) is 3.47. The Bertz CT molecular complexity index is 495. The Labute approximate surface area is 108 Å². The minimum atomic E-state index is -3.15. The number of hydrogen-bond acceptors (Lipinski definition) is 4. The lowest BCUT2D eigenvalue weighted by molar-refractivity contribution is -0.120. The van der Waals surface area contributed by atoms with Gasteiger partial charge in [-0.05, 0) is 31.2 Å². The molecule has 18 heavy (non-hydrogen) atoms. The van der Waals surface area contributed by atoms with E-state index >= 15 is 0 Å². The van der Waals surface area contributed by atoms with Gasteiger partial charge in [0.15, 0.2) is 9.84 Å². The minimum Gasteiger partial charge on any atom is -0.385 e. The van der Waals surface area contributed by atoms with E-state index in [2.05, 4.69) is 10.6 Å². The van der Waals surface area contributed by atoms with E-state index in [1.54, 1.807) is 24.3 Å². The van der Waals surface area contributed by atoms with Crippen molar-refractivity contribution >= 4 is 21.4 Å². The van der Waals surface area contributed by atoms with Crippen LogP contribution in [0.5, 0.6) is 0 Å². The smallest absolute Gasteiger partial charge is 0.221 e. The summed E-state index contributed by atoms with van der Waals surface area (Å²) in [6.07, 6.45) is 1.56. The number of anilines is 1. The van der Waals surface area contributed by atoms with Gasteiger partial charge in [0, 0.05) is 31.5 Å². The summed E-state index contributed by atoms with van der Waals surface area (Å²) >= 11 is 0. The van der Waals surface area contributed by atoms with Crippen molar-refractivity contribution in [1.29, 1.82) is 0 Å². The van der Waals surface area contributed by atoms with E-state index in [1.807, 2.05) is 6.92 Å². The molecule has 0 fully saturated rings. The molecule has 0 aliphatic heterocycles. The van der Waals surface area contributed by atoms with Crippen LogP contribution < -0.4 is 10.6 Å². The fraction of sp³-hybridized carbons (Fsp3) is 0.417. The average Bonchev–Trinajstić information content (AvgIpc) is 2.29. The first kappa shape index (κ1) is 14.5. The number of benzene rings is 1. The molecule has 0 aliphatic rings. The summed E-state index contributed by atoms with van der Waals surface area (Å²) in [5, 5.41) is 5.76. The standard InChI is InChI=1S/C12H18N2O3S/c1-3-13-12(15)8-9-14-10-4-6-11(7-5-10)18(2,16)17/h4-7,14H,3,8-9H2,1-2H3,(H,13,15). The van der Waals surface area contributed by atoms with Gasteiger partial charge in [0.25, 0.3) is 0 Å². The molecular weight excluding hydrogens is 252 g/mol. The van der Waals surface area contributed by atoms with Crippen molar-refractivity contribution in [3.8, 4) is 0 Å². The zero-order valence-electron chi connectivity index (χ0n) is 10.6. The van der Waals surface area contributed by atoms with Gasteiger partial charge < -0.3 is 10.6 Å². The van der Waals surface area contributed by atoms with Gasteiger partial charge in [-0.3, -0.25) is 4.79 Å². The van der Waals surface area contributed by atoms with Crippen LogP contribution in [-0.2, 0) is 14.6 Å². The van der Waals surface area contributed by atoms with E-state index in [1.165, 1.54) is 6.26 Å². The predicted octanol–water partition coefficient (Wildman–Crippen LogP) is 1.03. The maximum atomic E-state index is 11.2. The molecule has 1 amide bonds. The van der Waals surface area contributed by atoms with Crippen molar-refractivity contribution in [2.45, 2.75) is 18.2 Å². The Morgan fingerprint density at radius 3 is 2.33 bits per heavy atom. The Morgan fingerprint density at radius 2 is 1.83 bits per heavy atom. The highest BCUT2D eigenvalue weighted by Gasteiger charge is 2.06. The van der Waals surface area contributed by atoms with Crippen molar-refractivity contribution in [2.75, 3.05) is 24.7 Å². The number of carbonyl (C=O) groups excluding carboxylic acids is 1. The molecule has 0 unspecified atom stereocenters. The molecule has 0 bridgehead atoms. The largest absolute Gasteiger partial charge is 0.385 e. The number of rotatable bonds is 6. The van der Waals surface area contributed by atoms with Crippen LogP contribution in [0.3, 0.4) is 0 Å². The van der Waals surface area contributed by atoms with E-state index in [4.69, 9.17) is 0 Å². The lowest BCUT2D eigenvalue weighted by Crippen LogP contribution is -2.24. The van der Waals surface area contributed by atoms with Crippen molar-refractivity contribution < 1.29 is 13.2 Å². The van der Waals surface area contributed by atoms with E-state index < -0.39 is 9.84 Å². The molecule has 0 saturated carbocycles. The summed E-state index contributed by atoms with van der Waals surface area (Å²) in [5.41, 5.74) is 0.798. The molecule has 0 heterocycles. The maximum absolute atomic E-state index is 11.2. The van der Waals surface area contributed by atoms with Crippen molar-refractivity contribution in [3.05, 3.63) is 24.3 Å². The van der Waals surface area contributed by atoms with Crippen molar-refractivity contribution in [1.82, 2.24) is 5.32 Å². The van der Waals surface area contributed by atoms with E-state index in [-0.39, 0.29) is 10.8 Å². The molecule has 6 heteroatoms. The fourth-order valence-electron chi connectivity index (χ4n) is 1.43. The molecule has 2 N–H and O–H groups in total. The van der Waals surface area contributed by atoms with Gasteiger partial charge in [0.1, 0.15) is 0 Å². The highest BCUT2D eigenvalue weighted by atomic mass is 32.2. The van der Waals surface area contributed by atoms with Gasteiger partial charge in [-0.1, -0.05) is 0 Å². The van der Waals surface area contributed by atoms with Crippen molar-refractivity contribution in [2.24, 2.45) is 0 Å². The number of nitrogens with one attached hydrogen (secondary N) is 2. The van der Waals surface area contributed by atoms with Crippen LogP contribution in [0.15, 0.2) is 29.2 Å². The average molecular weight is 270 g/mol. The van der Waals surface area contributed by atoms with Crippen LogP contribution >= 0.6 is 0 Å². The quantitative estimate of drug-likeness (QED) is 0.809. The van der Waals surface area contributed by atoms with E-state index in [0.717, 1.165) is 5.69 Å². The lowest BCUT2D eigenvalue weighted by Gasteiger charge is -2.07. The zero-order chi connectivity index (χ0) is 13.6. The van der Waals surface area contributed by atoms with Gasteiger partial charge in [-0.25, -0.2) is 8.42 Å². The molecule has 0 atom stereocenters. The Hall–Kier alpha value is -1.56. The molecule has 0 aliphatic carbocycles. The van der Waals surface area contributed by atoms with Crippen LogP contribution in [0.4, 0.5) is 5.69 Å². The molecule has 5 nitrogen and oxygen atoms in total. The van der Waals surface area contributed by atoms with Crippen LogP contribution in [0.2, 0.25) is 0 Å². The first-order chi connectivity index (χ1) is 8.43. The summed E-state index contributed by atoms with van der Waals surface area (Å²) < 4.78 is 22.5. The molecule has 100 valence electrons. The second kappa shape index (κ2) is 6.39. The summed E-state index contributed by atoms with van der Waals surface area (Å²) in [6, 6.07) is 6.47. The number of amides is 1. The van der Waals surface area contributed by atoms with Gasteiger partial charge in [-0.2, -0.15) is 0 Å². The Balaban J connectivity index is 2.47. The van der Waals surface area contributed by atoms with Crippen LogP contribution in [-0.4, -0.2) is 33.7 Å². The summed E-state index contributed by atoms with van der Waals surface area (Å²) in [6.45, 7) is 3.02. The maximum Gasteiger partial charge on any atom is 0.221 e. The van der Waals surface area contributed by atoms with Gasteiger partial charge in [0.2, 0.25) is 5.91 Å². The minimum absolute atomic E-state index is 0.00208. The molecule has 1 aromatic carbocycles. The van der Waals surface area contributed by atoms with Gasteiger partial charge >= 0.3 is 0 Å². The Morgan fingerprint density at radius 1 is 1.22 bits per heavy atom. The fourth-order valence-corrected chi connectivity index (χ4v) is 2.06. The van der Waals surface area contributed by atoms with Crippen LogP contribution in [0.25, 0.3) is 0 Å². The normalized spacial score (nSPS) is 11.0. The number of hydrogen-bond donors (Lipinski definition) is 2. The zero-order valence-corrected chi connectivity index (χ0v) is 11.4. The number of carbonyl (C=O) groups is 1. The molecule has 0 saturated heterocycles. The monoisotopic (exact) mass is 270 g/mol. The first-order valence-electron chi connectivity index (χ1n) is 5.74. The SMILES string of the molecule is CCNC(=O)CCNc1ccc(S(C)(=O)=O)cc1. The third-order valence-electron chi connectivity index (χ3n) is 2.34. The van der Waals surface area contributed by atoms with Gasteiger partial charge in [0.05, 0.1) is 4.90 Å². The molecular formula is C12H18N2O3S. The predicted molar refractivity (Wildman–Crippen MR) is 71.3 cm³/mol. The van der Waals surface area contributed by atoms with Crippen LogP contribution in [0.1, 0.15) is 13.3 Å². The van der Waals surface area contributed by atoms with Gasteiger partial charge in [-0.15, -0.1) is 0 Å². The summed E-state index contributed by atoms with van der Waals surface area (Å²) in [7, 11) is -3.15. The molecule has 1 aromatic rings. The Kier molecular flexibility index (Phi) is 5.15. The second-order valence-electron chi connectivity index (χ2n) is 3.93. The van der Waals surface area contributed by atoms with Crippen LogP contribution in [0, 0.1) is 0 Å². The van der Waals surface area contributed by atoms with Crippen molar-refractivity contribution in [3.63, 3.8) is 0 Å². The highest BCUT2D eigenvalue weighted by molar-refractivity contribution is 7.90. The highest BCUT2D eigenvalue weighted by Crippen LogP contribution is 2.13. The number of sulfone groups is 1.